The summed E-state index contributed by atoms with van der Waals surface area (Å²) in [6, 6.07) is -0.439. The van der Waals surface area contributed by atoms with Crippen LogP contribution in [0.4, 0.5) is 0 Å². The zero-order chi connectivity index (χ0) is 14.6. The zero-order valence-corrected chi connectivity index (χ0v) is 11.4. The first-order valence-corrected chi connectivity index (χ1v) is 7.05. The third-order valence-electron chi connectivity index (χ3n) is 2.54. The highest BCUT2D eigenvalue weighted by Crippen LogP contribution is 2.18. The van der Waals surface area contributed by atoms with Crippen LogP contribution in [-0.4, -0.2) is 35.7 Å². The third-order valence-corrected chi connectivity index (χ3v) is 4.22. The van der Waals surface area contributed by atoms with Crippen LogP contribution in [0.1, 0.15) is 35.9 Å². The van der Waals surface area contributed by atoms with Gasteiger partial charge in [-0.2, -0.15) is 5.10 Å². The van der Waals surface area contributed by atoms with Crippen molar-refractivity contribution in [1.82, 2.24) is 14.9 Å². The molecule has 1 aromatic rings. The molecule has 0 aliphatic carbocycles. The van der Waals surface area contributed by atoms with Crippen molar-refractivity contribution in [2.45, 2.75) is 37.6 Å². The first-order chi connectivity index (χ1) is 8.83. The monoisotopic (exact) mass is 285 g/mol. The molecule has 7 nitrogen and oxygen atoms in total. The molecule has 1 aromatic heterocycles. The van der Waals surface area contributed by atoms with E-state index in [-0.39, 0.29) is 17.0 Å². The van der Waals surface area contributed by atoms with E-state index in [1.165, 1.54) is 6.92 Å². The van der Waals surface area contributed by atoms with Gasteiger partial charge in [0.25, 0.3) is 0 Å². The Morgan fingerprint density at radius 1 is 1.63 bits per heavy atom. The number of aromatic nitrogens is 2. The molecule has 0 aliphatic heterocycles. The number of hydrogen-bond donors (Lipinski definition) is 3. The number of nitrogens with one attached hydrogen (secondary N) is 2. The van der Waals surface area contributed by atoms with Gasteiger partial charge in [-0.05, 0) is 13.3 Å². The van der Waals surface area contributed by atoms with Crippen LogP contribution in [0.5, 0.6) is 0 Å². The van der Waals surface area contributed by atoms with Gasteiger partial charge in [0.05, 0.1) is 5.69 Å². The van der Waals surface area contributed by atoms with Crippen LogP contribution in [0.3, 0.4) is 0 Å². The second-order valence-corrected chi connectivity index (χ2v) is 5.62. The Balaban J connectivity index is 3.18. The van der Waals surface area contributed by atoms with Gasteiger partial charge in [-0.15, -0.1) is 12.3 Å². The third kappa shape index (κ3) is 3.33. The maximum atomic E-state index is 12.2. The molecule has 1 rings (SSSR count). The second-order valence-electron chi connectivity index (χ2n) is 3.97. The summed E-state index contributed by atoms with van der Waals surface area (Å²) in [5, 5.41) is 14.8. The summed E-state index contributed by atoms with van der Waals surface area (Å²) in [6.07, 6.45) is 5.89. The SMILES string of the molecule is C#CCC(CC)NS(=O)(=O)c1c(C(=O)O)n[nH]c1C. The number of sulfonamides is 1. The highest BCUT2D eigenvalue weighted by Gasteiger charge is 2.29. The first kappa shape index (κ1) is 15.2. The number of nitrogens with zero attached hydrogens (tertiary/aromatic N) is 1. The minimum atomic E-state index is -3.98. The Kier molecular flexibility index (Phi) is 4.69. The summed E-state index contributed by atoms with van der Waals surface area (Å²) in [6.45, 7) is 3.22. The molecule has 0 saturated carbocycles. The number of terminal acetylenes is 1. The highest BCUT2D eigenvalue weighted by molar-refractivity contribution is 7.89. The van der Waals surface area contributed by atoms with Crippen molar-refractivity contribution < 1.29 is 18.3 Å². The van der Waals surface area contributed by atoms with Gasteiger partial charge < -0.3 is 5.11 Å². The molecule has 0 bridgehead atoms. The fourth-order valence-electron chi connectivity index (χ4n) is 1.58. The van der Waals surface area contributed by atoms with Crippen LogP contribution in [0.25, 0.3) is 0 Å². The molecule has 104 valence electrons. The minimum Gasteiger partial charge on any atom is -0.476 e. The largest absolute Gasteiger partial charge is 0.476 e. The van der Waals surface area contributed by atoms with E-state index in [9.17, 15) is 13.2 Å². The summed E-state index contributed by atoms with van der Waals surface area (Å²) in [4.78, 5) is 10.6. The van der Waals surface area contributed by atoms with Crippen molar-refractivity contribution in [3.63, 3.8) is 0 Å². The molecule has 0 amide bonds. The summed E-state index contributed by atoms with van der Waals surface area (Å²) in [5.74, 6) is 0.964. The topological polar surface area (TPSA) is 112 Å². The average molecular weight is 285 g/mol. The van der Waals surface area contributed by atoms with Crippen molar-refractivity contribution in [2.75, 3.05) is 0 Å². The average Bonchev–Trinajstić information content (AvgIpc) is 2.71. The standard InChI is InChI=1S/C11H15N3O4S/c1-4-6-8(5-2)14-19(17,18)10-7(3)12-13-9(10)11(15)16/h1,8,14H,5-6H2,2-3H3,(H,12,13)(H,15,16). The van der Waals surface area contributed by atoms with Gasteiger partial charge in [0, 0.05) is 12.5 Å². The maximum absolute atomic E-state index is 12.2. The Hall–Kier alpha value is -1.85. The van der Waals surface area contributed by atoms with Crippen molar-refractivity contribution in [2.24, 2.45) is 0 Å². The van der Waals surface area contributed by atoms with Crippen molar-refractivity contribution in [1.29, 1.82) is 0 Å². The normalized spacial score (nSPS) is 12.9. The van der Waals surface area contributed by atoms with Crippen molar-refractivity contribution in [3.8, 4) is 12.3 Å². The molecule has 0 saturated heterocycles. The van der Waals surface area contributed by atoms with Crippen LogP contribution in [0.15, 0.2) is 4.90 Å². The van der Waals surface area contributed by atoms with Crippen LogP contribution in [0, 0.1) is 19.3 Å². The number of aromatic amines is 1. The number of aryl methyl sites for hydroxylation is 1. The number of carboxylic acid groups (broad SMARTS) is 1. The van der Waals surface area contributed by atoms with Crippen LogP contribution < -0.4 is 4.72 Å². The number of hydrogen-bond acceptors (Lipinski definition) is 4. The number of carbonyl (C=O) groups is 1. The summed E-state index contributed by atoms with van der Waals surface area (Å²) >= 11 is 0. The number of carboxylic acids is 1. The van der Waals surface area contributed by atoms with Gasteiger partial charge in [0.15, 0.2) is 5.69 Å². The molecule has 0 aromatic carbocycles. The van der Waals surface area contributed by atoms with Gasteiger partial charge in [0.1, 0.15) is 4.90 Å². The van der Waals surface area contributed by atoms with Crippen LogP contribution in [0.2, 0.25) is 0 Å². The molecule has 0 spiro atoms. The van der Waals surface area contributed by atoms with Crippen LogP contribution in [-0.2, 0) is 10.0 Å². The quantitative estimate of drug-likeness (QED) is 0.659. The Bertz CT molecular complexity index is 612. The van der Waals surface area contributed by atoms with E-state index < -0.39 is 27.7 Å². The van der Waals surface area contributed by atoms with E-state index in [1.54, 1.807) is 6.92 Å². The first-order valence-electron chi connectivity index (χ1n) is 5.57. The lowest BCUT2D eigenvalue weighted by molar-refractivity contribution is 0.0686. The number of aromatic carboxylic acids is 1. The van der Waals surface area contributed by atoms with E-state index in [2.05, 4.69) is 20.8 Å². The molecule has 1 heterocycles. The Morgan fingerprint density at radius 3 is 2.74 bits per heavy atom. The molecule has 0 aliphatic rings. The van der Waals surface area contributed by atoms with Crippen molar-refractivity contribution >= 4 is 16.0 Å². The predicted octanol–water partition coefficient (Wildman–Crippen LogP) is 0.497. The molecular weight excluding hydrogens is 270 g/mol. The highest BCUT2D eigenvalue weighted by atomic mass is 32.2. The van der Waals surface area contributed by atoms with Gasteiger partial charge in [0.2, 0.25) is 10.0 Å². The molecule has 3 N–H and O–H groups in total. The fraction of sp³-hybridized carbons (Fsp3) is 0.455. The lowest BCUT2D eigenvalue weighted by Gasteiger charge is -2.14. The summed E-state index contributed by atoms with van der Waals surface area (Å²) < 4.78 is 26.7. The molecule has 1 unspecified atom stereocenters. The number of H-pyrrole nitrogens is 1. The number of rotatable bonds is 6. The van der Waals surface area contributed by atoms with E-state index in [4.69, 9.17) is 11.5 Å². The second kappa shape index (κ2) is 5.86. The van der Waals surface area contributed by atoms with Crippen LogP contribution >= 0.6 is 0 Å². The van der Waals surface area contributed by atoms with E-state index in [1.807, 2.05) is 0 Å². The van der Waals surface area contributed by atoms with Gasteiger partial charge in [-0.1, -0.05) is 6.92 Å². The lowest BCUT2D eigenvalue weighted by atomic mass is 10.2. The fourth-order valence-corrected chi connectivity index (χ4v) is 3.23. The van der Waals surface area contributed by atoms with E-state index in [0.717, 1.165) is 0 Å². The maximum Gasteiger partial charge on any atom is 0.357 e. The zero-order valence-electron chi connectivity index (χ0n) is 10.6. The molecule has 0 radical (unpaired) electrons. The van der Waals surface area contributed by atoms with E-state index in [0.29, 0.717) is 6.42 Å². The molecule has 19 heavy (non-hydrogen) atoms. The van der Waals surface area contributed by atoms with Gasteiger partial charge >= 0.3 is 5.97 Å². The Morgan fingerprint density at radius 2 is 2.26 bits per heavy atom. The molecule has 8 heteroatoms. The Labute approximate surface area is 111 Å². The smallest absolute Gasteiger partial charge is 0.357 e. The molecule has 1 atom stereocenters. The molecule has 0 fully saturated rings. The van der Waals surface area contributed by atoms with Gasteiger partial charge in [-0.3, -0.25) is 5.10 Å². The summed E-state index contributed by atoms with van der Waals surface area (Å²) in [5.41, 5.74) is -0.360. The van der Waals surface area contributed by atoms with Crippen molar-refractivity contribution in [3.05, 3.63) is 11.4 Å². The van der Waals surface area contributed by atoms with Gasteiger partial charge in [-0.25, -0.2) is 17.9 Å². The minimum absolute atomic E-state index is 0.167. The summed E-state index contributed by atoms with van der Waals surface area (Å²) in [7, 11) is -3.98. The molecular formula is C11H15N3O4S. The van der Waals surface area contributed by atoms with E-state index >= 15 is 0 Å². The predicted molar refractivity (Wildman–Crippen MR) is 68.1 cm³/mol. The lowest BCUT2D eigenvalue weighted by Crippen LogP contribution is -2.35.